The third-order valence-electron chi connectivity index (χ3n) is 4.28. The molecule has 3 N–H and O–H groups in total. The molecule has 0 radical (unpaired) electrons. The van der Waals surface area contributed by atoms with Crippen molar-refractivity contribution in [3.8, 4) is 0 Å². The van der Waals surface area contributed by atoms with Gasteiger partial charge in [-0.1, -0.05) is 13.0 Å². The Kier molecular flexibility index (Phi) is 4.63. The van der Waals surface area contributed by atoms with E-state index in [1.165, 1.54) is 0 Å². The average Bonchev–Trinajstić information content (AvgIpc) is 2.48. The van der Waals surface area contributed by atoms with E-state index in [4.69, 9.17) is 10.5 Å². The Morgan fingerprint density at radius 2 is 2.33 bits per heavy atom. The Morgan fingerprint density at radius 3 is 2.95 bits per heavy atom. The molecule has 2 rings (SSSR count). The summed E-state index contributed by atoms with van der Waals surface area (Å²) in [5.41, 5.74) is 6.92. The predicted molar refractivity (Wildman–Crippen MR) is 81.6 cm³/mol. The molecule has 0 saturated heterocycles. The number of hydrogen-bond donors (Lipinski definition) is 2. The zero-order valence-corrected chi connectivity index (χ0v) is 12.8. The second-order valence-corrected chi connectivity index (χ2v) is 5.46. The first-order chi connectivity index (χ1) is 10.1. The molecule has 0 spiro atoms. The van der Waals surface area contributed by atoms with Crippen molar-refractivity contribution in [3.63, 3.8) is 0 Å². The molecule has 0 bridgehead atoms. The van der Waals surface area contributed by atoms with Gasteiger partial charge in [-0.3, -0.25) is 4.79 Å². The lowest BCUT2D eigenvalue weighted by Crippen LogP contribution is -2.42. The smallest absolute Gasteiger partial charge is 0.267 e. The molecule has 1 aromatic rings. The van der Waals surface area contributed by atoms with Crippen LogP contribution in [0.1, 0.15) is 42.4 Å². The van der Waals surface area contributed by atoms with E-state index in [2.05, 4.69) is 17.2 Å². The van der Waals surface area contributed by atoms with Crippen LogP contribution >= 0.6 is 0 Å². The van der Waals surface area contributed by atoms with Gasteiger partial charge in [0.1, 0.15) is 11.3 Å². The minimum Gasteiger partial charge on any atom is -0.394 e. The van der Waals surface area contributed by atoms with E-state index in [1.807, 2.05) is 25.4 Å². The molecular formula is C16H23N3O2. The maximum absolute atomic E-state index is 11.4. The van der Waals surface area contributed by atoms with Crippen LogP contribution in [0.4, 0.5) is 0 Å². The highest BCUT2D eigenvalue weighted by molar-refractivity contribution is 5.90. The number of nitrogens with two attached hydrogens (primary N) is 1. The average molecular weight is 289 g/mol. The summed E-state index contributed by atoms with van der Waals surface area (Å²) < 4.78 is 5.95. The lowest BCUT2D eigenvalue weighted by molar-refractivity contribution is -0.0466. The monoisotopic (exact) mass is 289 g/mol. The van der Waals surface area contributed by atoms with Crippen molar-refractivity contribution in [2.24, 2.45) is 11.7 Å². The first kappa shape index (κ1) is 15.5. The predicted octanol–water partition coefficient (Wildman–Crippen LogP) is 1.95. The van der Waals surface area contributed by atoms with Crippen LogP contribution < -0.4 is 11.1 Å². The second-order valence-electron chi connectivity index (χ2n) is 5.46. The zero-order chi connectivity index (χ0) is 15.5. The number of rotatable bonds is 4. The van der Waals surface area contributed by atoms with E-state index in [1.54, 1.807) is 13.2 Å². The maximum atomic E-state index is 11.4. The molecule has 0 aromatic carbocycles. The summed E-state index contributed by atoms with van der Waals surface area (Å²) in [6.07, 6.45) is 5.10. The summed E-state index contributed by atoms with van der Waals surface area (Å²) in [7, 11) is 3.57. The third-order valence-corrected chi connectivity index (χ3v) is 4.28. The van der Waals surface area contributed by atoms with E-state index >= 15 is 0 Å². The van der Waals surface area contributed by atoms with E-state index in [0.29, 0.717) is 0 Å². The van der Waals surface area contributed by atoms with Crippen LogP contribution in [0.5, 0.6) is 0 Å². The van der Waals surface area contributed by atoms with Gasteiger partial charge in [0.15, 0.2) is 0 Å². The summed E-state index contributed by atoms with van der Waals surface area (Å²) in [4.78, 5) is 15.9. The van der Waals surface area contributed by atoms with E-state index in [-0.39, 0.29) is 11.6 Å². The number of nitrogens with one attached hydrogen (secondary N) is 1. The van der Waals surface area contributed by atoms with Crippen LogP contribution in [-0.2, 0) is 10.3 Å². The molecule has 1 fully saturated rings. The number of methoxy groups -OCH3 is 1. The first-order valence-electron chi connectivity index (χ1n) is 7.25. The minimum absolute atomic E-state index is 0.269. The Bertz CT molecular complexity index is 556. The van der Waals surface area contributed by atoms with Crippen molar-refractivity contribution >= 4 is 5.91 Å². The number of amides is 1. The van der Waals surface area contributed by atoms with E-state index in [0.717, 1.165) is 30.5 Å². The van der Waals surface area contributed by atoms with Gasteiger partial charge in [-0.2, -0.15) is 0 Å². The highest BCUT2D eigenvalue weighted by Crippen LogP contribution is 2.46. The van der Waals surface area contributed by atoms with Crippen LogP contribution in [0.25, 0.3) is 0 Å². The number of hydrogen-bond acceptors (Lipinski definition) is 4. The molecule has 5 heteroatoms. The van der Waals surface area contributed by atoms with Gasteiger partial charge in [-0.25, -0.2) is 4.98 Å². The number of pyridine rings is 1. The molecule has 0 aliphatic heterocycles. The Hall–Kier alpha value is -1.88. The molecule has 1 aromatic heterocycles. The lowest BCUT2D eigenvalue weighted by Gasteiger charge is -2.43. The molecule has 1 aliphatic rings. The van der Waals surface area contributed by atoms with Crippen LogP contribution in [0, 0.1) is 5.92 Å². The quantitative estimate of drug-likeness (QED) is 0.888. The number of carbonyl (C=O) groups excluding carboxylic acids is 1. The molecule has 2 unspecified atom stereocenters. The maximum Gasteiger partial charge on any atom is 0.267 e. The van der Waals surface area contributed by atoms with Gasteiger partial charge >= 0.3 is 0 Å². The molecule has 1 amide bonds. The van der Waals surface area contributed by atoms with Crippen LogP contribution in [-0.4, -0.2) is 25.0 Å². The highest BCUT2D eigenvalue weighted by atomic mass is 16.5. The summed E-state index contributed by atoms with van der Waals surface area (Å²) in [6, 6.07) is 5.34. The minimum atomic E-state index is -0.604. The van der Waals surface area contributed by atoms with E-state index < -0.39 is 11.5 Å². The Morgan fingerprint density at radius 1 is 1.57 bits per heavy atom. The summed E-state index contributed by atoms with van der Waals surface area (Å²) in [5, 5.41) is 3.09. The molecule has 1 heterocycles. The Balaban J connectivity index is 2.59. The van der Waals surface area contributed by atoms with Gasteiger partial charge in [-0.05, 0) is 49.1 Å². The molecule has 2 atom stereocenters. The molecule has 21 heavy (non-hydrogen) atoms. The molecule has 5 nitrogen and oxygen atoms in total. The molecule has 1 saturated carbocycles. The standard InChI is InChI=1S/C16H23N3O2/c1-11-6-4-7-12(10-18-2)16(11,21-3)14-9-5-8-13(19-14)15(17)20/h5,8-11,18H,4,6-7H2,1-3H3,(H2,17,20)/b12-10+. The summed E-state index contributed by atoms with van der Waals surface area (Å²) in [6.45, 7) is 2.16. The van der Waals surface area contributed by atoms with Crippen molar-refractivity contribution < 1.29 is 9.53 Å². The van der Waals surface area contributed by atoms with E-state index in [9.17, 15) is 4.79 Å². The van der Waals surface area contributed by atoms with Crippen molar-refractivity contribution in [1.29, 1.82) is 0 Å². The van der Waals surface area contributed by atoms with Gasteiger partial charge in [0, 0.05) is 14.2 Å². The van der Waals surface area contributed by atoms with Gasteiger partial charge < -0.3 is 15.8 Å². The van der Waals surface area contributed by atoms with Gasteiger partial charge in [0.25, 0.3) is 5.91 Å². The fourth-order valence-electron chi connectivity index (χ4n) is 3.29. The molecule has 114 valence electrons. The normalized spacial score (nSPS) is 27.6. The lowest BCUT2D eigenvalue weighted by atomic mass is 9.70. The van der Waals surface area contributed by atoms with Crippen LogP contribution in [0.2, 0.25) is 0 Å². The highest BCUT2D eigenvalue weighted by Gasteiger charge is 2.45. The molecular weight excluding hydrogens is 266 g/mol. The van der Waals surface area contributed by atoms with Crippen molar-refractivity contribution in [1.82, 2.24) is 10.3 Å². The van der Waals surface area contributed by atoms with Gasteiger partial charge in [0.2, 0.25) is 0 Å². The Labute approximate surface area is 125 Å². The molecule has 1 aliphatic carbocycles. The van der Waals surface area contributed by atoms with Crippen LogP contribution in [0.3, 0.4) is 0 Å². The van der Waals surface area contributed by atoms with Crippen LogP contribution in [0.15, 0.2) is 30.0 Å². The number of carbonyl (C=O) groups is 1. The number of aromatic nitrogens is 1. The SMILES string of the molecule is CN/C=C1\CCCC(C)C1(OC)c1cccc(C(N)=O)n1. The van der Waals surface area contributed by atoms with Crippen molar-refractivity contribution in [2.75, 3.05) is 14.2 Å². The zero-order valence-electron chi connectivity index (χ0n) is 12.8. The van der Waals surface area contributed by atoms with Crippen molar-refractivity contribution in [2.45, 2.75) is 31.8 Å². The first-order valence-corrected chi connectivity index (χ1v) is 7.25. The summed E-state index contributed by atoms with van der Waals surface area (Å²) >= 11 is 0. The number of primary amides is 1. The fraction of sp³-hybridized carbons (Fsp3) is 0.500. The topological polar surface area (TPSA) is 77.2 Å². The summed E-state index contributed by atoms with van der Waals surface area (Å²) in [5.74, 6) is -0.253. The largest absolute Gasteiger partial charge is 0.394 e. The van der Waals surface area contributed by atoms with Crippen molar-refractivity contribution in [3.05, 3.63) is 41.4 Å². The second kappa shape index (κ2) is 6.26. The number of ether oxygens (including phenoxy) is 1. The number of nitrogens with zero attached hydrogens (tertiary/aromatic N) is 1. The van der Waals surface area contributed by atoms with Gasteiger partial charge in [0.05, 0.1) is 5.69 Å². The third kappa shape index (κ3) is 2.65. The fourth-order valence-corrected chi connectivity index (χ4v) is 3.29. The van der Waals surface area contributed by atoms with Gasteiger partial charge in [-0.15, -0.1) is 0 Å².